The Morgan fingerprint density at radius 3 is 2.78 bits per heavy atom. The number of hydrogen-bond acceptors (Lipinski definition) is 2. The van der Waals surface area contributed by atoms with Gasteiger partial charge in [-0.05, 0) is 18.4 Å². The summed E-state index contributed by atoms with van der Waals surface area (Å²) in [5.41, 5.74) is 0. The molecule has 0 heterocycles. The third kappa shape index (κ3) is 7.21. The van der Waals surface area contributed by atoms with Crippen LogP contribution in [0.3, 0.4) is 0 Å². The minimum absolute atomic E-state index is 0.608. The molecule has 0 aromatic carbocycles. The molecule has 0 fully saturated rings. The molecule has 9 heavy (non-hydrogen) atoms. The minimum atomic E-state index is 0.608. The molecule has 1 radical (unpaired) electrons. The molecule has 0 rings (SSSR count). The van der Waals surface area contributed by atoms with Gasteiger partial charge in [0.15, 0.2) is 0 Å². The minimum Gasteiger partial charge on any atom is -0.426 e. The molecule has 0 aromatic rings. The van der Waals surface area contributed by atoms with E-state index in [1.807, 2.05) is 0 Å². The van der Waals surface area contributed by atoms with E-state index in [1.165, 1.54) is 12.7 Å². The van der Waals surface area contributed by atoms with Gasteiger partial charge in [-0.2, -0.15) is 0 Å². The van der Waals surface area contributed by atoms with Crippen molar-refractivity contribution >= 4 is 6.47 Å². The zero-order chi connectivity index (χ0) is 7.11. The van der Waals surface area contributed by atoms with E-state index in [0.717, 1.165) is 6.42 Å². The van der Waals surface area contributed by atoms with Gasteiger partial charge in [-0.15, -0.1) is 0 Å². The van der Waals surface area contributed by atoms with Crippen molar-refractivity contribution < 1.29 is 9.53 Å². The molecule has 0 saturated heterocycles. The largest absolute Gasteiger partial charge is 0.426 e. The smallest absolute Gasteiger partial charge is 0.422 e. The molecule has 0 amide bonds. The summed E-state index contributed by atoms with van der Waals surface area (Å²) in [6.45, 7) is 5.49. The molecule has 0 atom stereocenters. The van der Waals surface area contributed by atoms with Gasteiger partial charge >= 0.3 is 6.47 Å². The van der Waals surface area contributed by atoms with Crippen LogP contribution in [0.4, 0.5) is 0 Å². The van der Waals surface area contributed by atoms with Gasteiger partial charge in [-0.25, -0.2) is 4.79 Å². The number of hydrogen-bond donors (Lipinski definition) is 0. The number of carbonyl (C=O) groups excluding carboxylic acids is 1. The molecule has 0 saturated carbocycles. The molecule has 0 N–H and O–H groups in total. The van der Waals surface area contributed by atoms with Crippen LogP contribution in [-0.2, 0) is 9.53 Å². The first kappa shape index (κ1) is 8.21. The van der Waals surface area contributed by atoms with Crippen LogP contribution < -0.4 is 0 Å². The highest BCUT2D eigenvalue weighted by Gasteiger charge is 1.85. The van der Waals surface area contributed by atoms with E-state index in [4.69, 9.17) is 0 Å². The first-order valence-corrected chi connectivity index (χ1v) is 2.95. The second-order valence-corrected chi connectivity index (χ2v) is 2.20. The standard InChI is InChI=1S/C7H11O2/c1-7(2)4-3-5-9-6-8/h3,5,7H,4H2,1-2H3/b5-3+. The second kappa shape index (κ2) is 5.35. The van der Waals surface area contributed by atoms with Gasteiger partial charge in [0.25, 0.3) is 0 Å². The van der Waals surface area contributed by atoms with Gasteiger partial charge in [0.2, 0.25) is 0 Å². The average Bonchev–Trinajstić information content (AvgIpc) is 1.80. The maximum Gasteiger partial charge on any atom is 0.422 e. The Labute approximate surface area is 55.5 Å². The van der Waals surface area contributed by atoms with Crippen molar-refractivity contribution in [2.45, 2.75) is 20.3 Å². The zero-order valence-corrected chi connectivity index (χ0v) is 5.76. The lowest BCUT2D eigenvalue weighted by Gasteiger charge is -1.94. The third-order valence-corrected chi connectivity index (χ3v) is 0.820. The molecule has 0 spiro atoms. The Morgan fingerprint density at radius 1 is 1.67 bits per heavy atom. The van der Waals surface area contributed by atoms with Gasteiger partial charge in [-0.3, -0.25) is 0 Å². The van der Waals surface area contributed by atoms with E-state index in [9.17, 15) is 4.79 Å². The van der Waals surface area contributed by atoms with Crippen LogP contribution >= 0.6 is 0 Å². The summed E-state index contributed by atoms with van der Waals surface area (Å²) < 4.78 is 4.20. The van der Waals surface area contributed by atoms with Gasteiger partial charge in [-0.1, -0.05) is 13.8 Å². The van der Waals surface area contributed by atoms with E-state index < -0.39 is 0 Å². The average molecular weight is 127 g/mol. The fourth-order valence-corrected chi connectivity index (χ4v) is 0.404. The van der Waals surface area contributed by atoms with Crippen LogP contribution in [0.15, 0.2) is 12.3 Å². The predicted octanol–water partition coefficient (Wildman–Crippen LogP) is 1.63. The van der Waals surface area contributed by atoms with Gasteiger partial charge in [0, 0.05) is 0 Å². The molecule has 0 bridgehead atoms. The Balaban J connectivity index is 3.14. The highest BCUT2D eigenvalue weighted by Crippen LogP contribution is 1.98. The quantitative estimate of drug-likeness (QED) is 0.536. The van der Waals surface area contributed by atoms with Crippen LogP contribution in [0.5, 0.6) is 0 Å². The second-order valence-electron chi connectivity index (χ2n) is 2.20. The zero-order valence-electron chi connectivity index (χ0n) is 5.76. The molecule has 2 nitrogen and oxygen atoms in total. The van der Waals surface area contributed by atoms with Crippen LogP contribution in [0, 0.1) is 5.92 Å². The summed E-state index contributed by atoms with van der Waals surface area (Å²) in [6.07, 6.45) is 4.09. The van der Waals surface area contributed by atoms with Crippen molar-refractivity contribution in [3.8, 4) is 0 Å². The topological polar surface area (TPSA) is 26.3 Å². The predicted molar refractivity (Wildman–Crippen MR) is 35.4 cm³/mol. The highest BCUT2D eigenvalue weighted by molar-refractivity contribution is 5.39. The monoisotopic (exact) mass is 127 g/mol. The molecule has 2 heteroatoms. The lowest BCUT2D eigenvalue weighted by Crippen LogP contribution is -1.81. The van der Waals surface area contributed by atoms with E-state index in [0.29, 0.717) is 5.92 Å². The summed E-state index contributed by atoms with van der Waals surface area (Å²) in [5.74, 6) is 0.608. The van der Waals surface area contributed by atoms with Gasteiger partial charge < -0.3 is 4.74 Å². The number of rotatable bonds is 4. The molecule has 0 aromatic heterocycles. The fourth-order valence-electron chi connectivity index (χ4n) is 0.404. The Kier molecular flexibility index (Phi) is 4.88. The summed E-state index contributed by atoms with van der Waals surface area (Å²) in [7, 11) is 0. The van der Waals surface area contributed by atoms with Crippen LogP contribution in [-0.4, -0.2) is 6.47 Å². The Hall–Kier alpha value is -0.790. The van der Waals surface area contributed by atoms with Crippen molar-refractivity contribution in [1.82, 2.24) is 0 Å². The first-order chi connectivity index (χ1) is 4.27. The summed E-state index contributed by atoms with van der Waals surface area (Å²) >= 11 is 0. The first-order valence-electron chi connectivity index (χ1n) is 2.95. The Morgan fingerprint density at radius 2 is 2.33 bits per heavy atom. The lowest BCUT2D eigenvalue weighted by atomic mass is 10.1. The molecular weight excluding hydrogens is 116 g/mol. The summed E-state index contributed by atoms with van der Waals surface area (Å²) in [6, 6.07) is 0. The molecular formula is C7H11O2. The number of allylic oxidation sites excluding steroid dienone is 1. The van der Waals surface area contributed by atoms with Crippen molar-refractivity contribution in [2.24, 2.45) is 5.92 Å². The highest BCUT2D eigenvalue weighted by atomic mass is 16.5. The SMILES string of the molecule is CC(C)C/C=C/O[C]=O. The lowest BCUT2D eigenvalue weighted by molar-refractivity contribution is 0.396. The van der Waals surface area contributed by atoms with Crippen LogP contribution in [0.25, 0.3) is 0 Å². The van der Waals surface area contributed by atoms with Crippen molar-refractivity contribution in [3.63, 3.8) is 0 Å². The van der Waals surface area contributed by atoms with E-state index in [-0.39, 0.29) is 0 Å². The van der Waals surface area contributed by atoms with E-state index in [1.54, 1.807) is 6.08 Å². The molecule has 51 valence electrons. The van der Waals surface area contributed by atoms with Gasteiger partial charge in [0.05, 0.1) is 6.26 Å². The van der Waals surface area contributed by atoms with Crippen molar-refractivity contribution in [2.75, 3.05) is 0 Å². The van der Waals surface area contributed by atoms with Gasteiger partial charge in [0.1, 0.15) is 0 Å². The fraction of sp³-hybridized carbons (Fsp3) is 0.571. The van der Waals surface area contributed by atoms with E-state index >= 15 is 0 Å². The molecule has 0 aliphatic rings. The van der Waals surface area contributed by atoms with Crippen LogP contribution in [0.1, 0.15) is 20.3 Å². The third-order valence-electron chi connectivity index (χ3n) is 0.820. The van der Waals surface area contributed by atoms with Crippen LogP contribution in [0.2, 0.25) is 0 Å². The van der Waals surface area contributed by atoms with Crippen molar-refractivity contribution in [3.05, 3.63) is 12.3 Å². The maximum atomic E-state index is 9.45. The van der Waals surface area contributed by atoms with Crippen molar-refractivity contribution in [1.29, 1.82) is 0 Å². The Bertz CT molecular complexity index is 95.1. The van der Waals surface area contributed by atoms with E-state index in [2.05, 4.69) is 18.6 Å². The normalized spacial score (nSPS) is 10.6. The maximum absolute atomic E-state index is 9.45. The summed E-state index contributed by atoms with van der Waals surface area (Å²) in [5, 5.41) is 0. The summed E-state index contributed by atoms with van der Waals surface area (Å²) in [4.78, 5) is 9.45. The molecule has 0 unspecified atom stereocenters. The molecule has 0 aliphatic heterocycles. The number of ether oxygens (including phenoxy) is 1. The molecule has 0 aliphatic carbocycles.